The minimum absolute atomic E-state index is 0.105. The van der Waals surface area contributed by atoms with Crippen molar-refractivity contribution in [3.05, 3.63) is 52.5 Å². The van der Waals surface area contributed by atoms with Crippen molar-refractivity contribution in [2.24, 2.45) is 0 Å². The maximum Gasteiger partial charge on any atom is 0.264 e. The molecule has 0 aliphatic carbocycles. The molecule has 0 radical (unpaired) electrons. The molecule has 2 aromatic carbocycles. The summed E-state index contributed by atoms with van der Waals surface area (Å²) in [7, 11) is -3.51. The normalized spacial score (nSPS) is 14.9. The summed E-state index contributed by atoms with van der Waals surface area (Å²) in [4.78, 5) is 12.3. The zero-order valence-corrected chi connectivity index (χ0v) is 21.0. The summed E-state index contributed by atoms with van der Waals surface area (Å²) in [5.41, 5.74) is 1.58. The Bertz CT molecular complexity index is 1070. The Kier molecular flexibility index (Phi) is 8.64. The van der Waals surface area contributed by atoms with Gasteiger partial charge in [0.05, 0.1) is 4.90 Å². The van der Waals surface area contributed by atoms with Crippen molar-refractivity contribution in [2.75, 3.05) is 25.0 Å². The number of sulfonamides is 1. The Balaban J connectivity index is 1.51. The average molecular weight is 541 g/mol. The number of benzene rings is 2. The van der Waals surface area contributed by atoms with Crippen LogP contribution < -0.4 is 15.4 Å². The van der Waals surface area contributed by atoms with Crippen LogP contribution in [0.5, 0.6) is 5.75 Å². The molecule has 2 N–H and O–H groups in total. The van der Waals surface area contributed by atoms with Crippen LogP contribution in [-0.4, -0.2) is 43.4 Å². The number of hydrogen-bond acceptors (Lipinski definition) is 5. The highest BCUT2D eigenvalue weighted by molar-refractivity contribution is 9.10. The molecule has 3 rings (SSSR count). The largest absolute Gasteiger partial charge is 0.484 e. The van der Waals surface area contributed by atoms with Gasteiger partial charge in [-0.25, -0.2) is 8.42 Å². The lowest BCUT2D eigenvalue weighted by Gasteiger charge is -2.20. The first-order chi connectivity index (χ1) is 15.3. The minimum atomic E-state index is -3.51. The third-order valence-electron chi connectivity index (χ3n) is 5.07. The average Bonchev–Trinajstić information content (AvgIpc) is 3.05. The molecule has 1 amide bonds. The van der Waals surface area contributed by atoms with Crippen molar-refractivity contribution < 1.29 is 17.9 Å². The highest BCUT2D eigenvalue weighted by Gasteiger charge is 2.24. The van der Waals surface area contributed by atoms with Crippen molar-refractivity contribution in [3.63, 3.8) is 0 Å². The second-order valence-electron chi connectivity index (χ2n) is 7.54. The molecular weight excluding hydrogens is 514 g/mol. The highest BCUT2D eigenvalue weighted by Crippen LogP contribution is 2.22. The SMILES string of the molecule is Cc1cc(OCC(=O)NC(=S)Nc2ccc(S(=O)(=O)N3CCCCCC3)cc2)ccc1Br. The van der Waals surface area contributed by atoms with E-state index in [2.05, 4.69) is 26.6 Å². The molecule has 7 nitrogen and oxygen atoms in total. The number of ether oxygens (including phenoxy) is 1. The van der Waals surface area contributed by atoms with Crippen molar-refractivity contribution in [2.45, 2.75) is 37.5 Å². The van der Waals surface area contributed by atoms with Gasteiger partial charge < -0.3 is 10.1 Å². The molecule has 0 unspecified atom stereocenters. The topological polar surface area (TPSA) is 87.7 Å². The van der Waals surface area contributed by atoms with Gasteiger partial charge >= 0.3 is 0 Å². The first-order valence-electron chi connectivity index (χ1n) is 10.4. The summed E-state index contributed by atoms with van der Waals surface area (Å²) in [6.07, 6.45) is 3.90. The predicted octanol–water partition coefficient (Wildman–Crippen LogP) is 4.21. The number of rotatable bonds is 6. The molecule has 0 spiro atoms. The first kappa shape index (κ1) is 24.6. The number of carbonyl (C=O) groups excluding carboxylic acids is 1. The second kappa shape index (κ2) is 11.2. The van der Waals surface area contributed by atoms with Crippen LogP contribution in [0.15, 0.2) is 51.8 Å². The number of thiocarbonyl (C=S) groups is 1. The highest BCUT2D eigenvalue weighted by atomic mass is 79.9. The smallest absolute Gasteiger partial charge is 0.264 e. The summed E-state index contributed by atoms with van der Waals surface area (Å²) in [5.74, 6) is 0.185. The van der Waals surface area contributed by atoms with Crippen LogP contribution in [0.25, 0.3) is 0 Å². The van der Waals surface area contributed by atoms with Crippen LogP contribution >= 0.6 is 28.1 Å². The van der Waals surface area contributed by atoms with E-state index in [0.717, 1.165) is 35.7 Å². The molecular formula is C22H26BrN3O4S2. The van der Waals surface area contributed by atoms with Gasteiger partial charge in [-0.15, -0.1) is 0 Å². The number of anilines is 1. The van der Waals surface area contributed by atoms with Gasteiger partial charge in [-0.05, 0) is 80.0 Å². The van der Waals surface area contributed by atoms with Crippen molar-refractivity contribution >= 4 is 54.9 Å². The number of carbonyl (C=O) groups is 1. The maximum absolute atomic E-state index is 12.9. The number of halogens is 1. The summed E-state index contributed by atoms with van der Waals surface area (Å²) in [5, 5.41) is 5.54. The van der Waals surface area contributed by atoms with E-state index in [-0.39, 0.29) is 16.6 Å². The maximum atomic E-state index is 12.9. The number of amides is 1. The fourth-order valence-electron chi connectivity index (χ4n) is 3.32. The van der Waals surface area contributed by atoms with Crippen molar-refractivity contribution in [3.8, 4) is 5.75 Å². The molecule has 172 valence electrons. The number of nitrogens with zero attached hydrogens (tertiary/aromatic N) is 1. The minimum Gasteiger partial charge on any atom is -0.484 e. The zero-order valence-electron chi connectivity index (χ0n) is 17.8. The predicted molar refractivity (Wildman–Crippen MR) is 132 cm³/mol. The number of nitrogens with one attached hydrogen (secondary N) is 2. The Labute approximate surface area is 202 Å². The summed E-state index contributed by atoms with van der Waals surface area (Å²) < 4.78 is 33.7. The van der Waals surface area contributed by atoms with Gasteiger partial charge in [0.2, 0.25) is 10.0 Å². The lowest BCUT2D eigenvalue weighted by molar-refractivity contribution is -0.121. The van der Waals surface area contributed by atoms with Crippen LogP contribution in [0, 0.1) is 6.92 Å². The molecule has 0 aromatic heterocycles. The van der Waals surface area contributed by atoms with E-state index >= 15 is 0 Å². The fourth-order valence-corrected chi connectivity index (χ4v) is 5.32. The fraction of sp³-hybridized carbons (Fsp3) is 0.364. The lowest BCUT2D eigenvalue weighted by Crippen LogP contribution is -2.37. The van der Waals surface area contributed by atoms with E-state index in [0.29, 0.717) is 24.5 Å². The van der Waals surface area contributed by atoms with Gasteiger partial charge in [0.1, 0.15) is 5.75 Å². The summed E-state index contributed by atoms with van der Waals surface area (Å²) >= 11 is 8.59. The van der Waals surface area contributed by atoms with Crippen LogP contribution in [-0.2, 0) is 14.8 Å². The lowest BCUT2D eigenvalue weighted by atomic mass is 10.2. The van der Waals surface area contributed by atoms with Gasteiger partial charge in [0.25, 0.3) is 5.91 Å². The molecule has 1 heterocycles. The first-order valence-corrected chi connectivity index (χ1v) is 13.0. The Hall–Kier alpha value is -2.01. The molecule has 1 aliphatic heterocycles. The van der Waals surface area contributed by atoms with E-state index in [1.807, 2.05) is 19.1 Å². The van der Waals surface area contributed by atoms with Crippen LogP contribution in [0.1, 0.15) is 31.2 Å². The van der Waals surface area contributed by atoms with Gasteiger partial charge in [0, 0.05) is 23.2 Å². The quantitative estimate of drug-likeness (QED) is 0.534. The molecule has 0 bridgehead atoms. The van der Waals surface area contributed by atoms with Crippen molar-refractivity contribution in [1.29, 1.82) is 0 Å². The molecule has 1 fully saturated rings. The Morgan fingerprint density at radius 2 is 1.75 bits per heavy atom. The van der Waals surface area contributed by atoms with Gasteiger partial charge in [-0.3, -0.25) is 10.1 Å². The van der Waals surface area contributed by atoms with E-state index in [4.69, 9.17) is 17.0 Å². The van der Waals surface area contributed by atoms with E-state index in [1.165, 1.54) is 0 Å². The Morgan fingerprint density at radius 1 is 1.09 bits per heavy atom. The molecule has 0 saturated carbocycles. The summed E-state index contributed by atoms with van der Waals surface area (Å²) in [6.45, 7) is 2.86. The molecule has 1 saturated heterocycles. The molecule has 1 aliphatic rings. The van der Waals surface area contributed by atoms with Gasteiger partial charge in [-0.1, -0.05) is 28.8 Å². The van der Waals surface area contributed by atoms with Gasteiger partial charge in [-0.2, -0.15) is 4.31 Å². The molecule has 10 heteroatoms. The standard InChI is InChI=1S/C22H26BrN3O4S2/c1-16-14-18(8-11-20(16)23)30-15-21(27)25-22(31)24-17-6-9-19(10-7-17)32(28,29)26-12-4-2-3-5-13-26/h6-11,14H,2-5,12-13,15H2,1H3,(H2,24,25,27,31). The molecule has 0 atom stereocenters. The van der Waals surface area contributed by atoms with Gasteiger partial charge in [0.15, 0.2) is 11.7 Å². The summed E-state index contributed by atoms with van der Waals surface area (Å²) in [6, 6.07) is 11.8. The second-order valence-corrected chi connectivity index (χ2v) is 10.7. The third kappa shape index (κ3) is 6.74. The van der Waals surface area contributed by atoms with Crippen LogP contribution in [0.4, 0.5) is 5.69 Å². The number of aryl methyl sites for hydroxylation is 1. The number of hydrogen-bond donors (Lipinski definition) is 2. The van der Waals surface area contributed by atoms with Crippen LogP contribution in [0.3, 0.4) is 0 Å². The monoisotopic (exact) mass is 539 g/mol. The zero-order chi connectivity index (χ0) is 23.1. The Morgan fingerprint density at radius 3 is 2.38 bits per heavy atom. The molecule has 2 aromatic rings. The van der Waals surface area contributed by atoms with E-state index in [9.17, 15) is 13.2 Å². The third-order valence-corrected chi connectivity index (χ3v) is 8.07. The van der Waals surface area contributed by atoms with E-state index < -0.39 is 15.9 Å². The molecule has 32 heavy (non-hydrogen) atoms. The van der Waals surface area contributed by atoms with Crippen molar-refractivity contribution in [1.82, 2.24) is 9.62 Å². The van der Waals surface area contributed by atoms with Crippen LogP contribution in [0.2, 0.25) is 0 Å². The van der Waals surface area contributed by atoms with E-state index in [1.54, 1.807) is 34.6 Å².